The van der Waals surface area contributed by atoms with Gasteiger partial charge >= 0.3 is 5.97 Å². The Labute approximate surface area is 169 Å². The van der Waals surface area contributed by atoms with E-state index in [0.29, 0.717) is 18.5 Å². The minimum atomic E-state index is -0.604. The van der Waals surface area contributed by atoms with Crippen molar-refractivity contribution in [2.45, 2.75) is 25.4 Å². The molecule has 1 atom stereocenters. The highest BCUT2D eigenvalue weighted by atomic mass is 16.5. The zero-order valence-corrected chi connectivity index (χ0v) is 16.2. The van der Waals surface area contributed by atoms with Gasteiger partial charge in [-0.25, -0.2) is 4.79 Å². The van der Waals surface area contributed by atoms with Crippen molar-refractivity contribution in [2.24, 2.45) is 0 Å². The Morgan fingerprint density at radius 2 is 1.55 bits per heavy atom. The number of methoxy groups -OCH3 is 1. The molecule has 0 spiro atoms. The summed E-state index contributed by atoms with van der Waals surface area (Å²) in [6, 6.07) is 21.6. The average molecular weight is 383 g/mol. The number of amides is 1. The number of rotatable bonds is 2. The van der Waals surface area contributed by atoms with Crippen molar-refractivity contribution < 1.29 is 14.3 Å². The van der Waals surface area contributed by atoms with E-state index in [2.05, 4.69) is 12.1 Å². The van der Waals surface area contributed by atoms with Crippen LogP contribution in [0, 0.1) is 0 Å². The van der Waals surface area contributed by atoms with Gasteiger partial charge in [-0.3, -0.25) is 4.79 Å². The van der Waals surface area contributed by atoms with Crippen LogP contribution in [0.4, 0.5) is 0 Å². The molecule has 0 aromatic heterocycles. The van der Waals surface area contributed by atoms with Crippen LogP contribution in [-0.4, -0.2) is 29.9 Å². The smallest absolute Gasteiger partial charge is 0.328 e. The number of hydrogen-bond acceptors (Lipinski definition) is 3. The highest BCUT2D eigenvalue weighted by Crippen LogP contribution is 2.37. The molecule has 5 rings (SSSR count). The molecule has 1 heterocycles. The van der Waals surface area contributed by atoms with Crippen LogP contribution in [0.1, 0.15) is 32.6 Å². The van der Waals surface area contributed by atoms with Gasteiger partial charge < -0.3 is 9.64 Å². The maximum absolute atomic E-state index is 13.4. The minimum Gasteiger partial charge on any atom is -0.467 e. The van der Waals surface area contributed by atoms with E-state index < -0.39 is 6.04 Å². The summed E-state index contributed by atoms with van der Waals surface area (Å²) in [5, 5.41) is 0. The van der Waals surface area contributed by atoms with Crippen LogP contribution in [0.3, 0.4) is 0 Å². The molecule has 0 N–H and O–H groups in total. The topological polar surface area (TPSA) is 46.6 Å². The van der Waals surface area contributed by atoms with Crippen LogP contribution in [0.5, 0.6) is 0 Å². The van der Waals surface area contributed by atoms with Gasteiger partial charge in [-0.15, -0.1) is 0 Å². The quantitative estimate of drug-likeness (QED) is 0.492. The lowest BCUT2D eigenvalue weighted by atomic mass is 9.93. The zero-order chi connectivity index (χ0) is 20.0. The third-order valence-corrected chi connectivity index (χ3v) is 6.02. The summed E-state index contributed by atoms with van der Waals surface area (Å²) in [5.41, 5.74) is 7.65. The fourth-order valence-corrected chi connectivity index (χ4v) is 4.53. The number of hydrogen-bond donors (Lipinski definition) is 0. The number of ether oxygens (including phenoxy) is 1. The molecule has 4 nitrogen and oxygen atoms in total. The van der Waals surface area contributed by atoms with Crippen molar-refractivity contribution in [3.05, 3.63) is 94.5 Å². The van der Waals surface area contributed by atoms with Gasteiger partial charge in [0, 0.05) is 18.5 Å². The summed E-state index contributed by atoms with van der Waals surface area (Å²) in [7, 11) is 1.37. The Balaban J connectivity index is 1.49. The molecule has 144 valence electrons. The van der Waals surface area contributed by atoms with Gasteiger partial charge in [0.2, 0.25) is 0 Å². The van der Waals surface area contributed by atoms with E-state index in [1.165, 1.54) is 23.8 Å². The third-order valence-electron chi connectivity index (χ3n) is 6.02. The molecule has 0 saturated heterocycles. The molecule has 0 fully saturated rings. The molecule has 3 aromatic carbocycles. The highest BCUT2D eigenvalue weighted by Gasteiger charge is 2.36. The number of fused-ring (bicyclic) bond motifs is 4. The maximum Gasteiger partial charge on any atom is 0.328 e. The molecule has 1 aliphatic heterocycles. The number of esters is 1. The van der Waals surface area contributed by atoms with Gasteiger partial charge in [0.25, 0.3) is 5.91 Å². The summed E-state index contributed by atoms with van der Waals surface area (Å²) in [5.74, 6) is -0.505. The van der Waals surface area contributed by atoms with Crippen LogP contribution < -0.4 is 0 Å². The first-order chi connectivity index (χ1) is 14.2. The molecule has 0 bridgehead atoms. The van der Waals surface area contributed by atoms with E-state index in [-0.39, 0.29) is 11.9 Å². The van der Waals surface area contributed by atoms with Crippen LogP contribution in [0.15, 0.2) is 66.7 Å². The fourth-order valence-electron chi connectivity index (χ4n) is 4.53. The highest BCUT2D eigenvalue weighted by molar-refractivity contribution is 5.98. The van der Waals surface area contributed by atoms with E-state index in [9.17, 15) is 9.59 Å². The standard InChI is InChI=1S/C25H21NO3/c1-29-25(28)23-14-16-6-2-3-8-19(16)15-26(23)24(27)18-10-11-22-20(13-18)12-17-7-4-5-9-21(17)22/h2-11,13,23H,12,14-15H2,1H3. The van der Waals surface area contributed by atoms with Crippen LogP contribution in [-0.2, 0) is 28.9 Å². The predicted octanol–water partition coefficient (Wildman–Crippen LogP) is 4.00. The lowest BCUT2D eigenvalue weighted by Crippen LogP contribution is -2.49. The molecular formula is C25H21NO3. The maximum atomic E-state index is 13.4. The molecule has 29 heavy (non-hydrogen) atoms. The summed E-state index contributed by atoms with van der Waals surface area (Å²) < 4.78 is 5.00. The second-order valence-corrected chi connectivity index (χ2v) is 7.65. The lowest BCUT2D eigenvalue weighted by Gasteiger charge is -2.35. The summed E-state index contributed by atoms with van der Waals surface area (Å²) in [6.45, 7) is 0.409. The Bertz CT molecular complexity index is 1130. The number of carbonyl (C=O) groups is 2. The van der Waals surface area contributed by atoms with Gasteiger partial charge in [0.15, 0.2) is 0 Å². The van der Waals surface area contributed by atoms with Crippen LogP contribution in [0.25, 0.3) is 11.1 Å². The molecular weight excluding hydrogens is 362 g/mol. The monoisotopic (exact) mass is 383 g/mol. The van der Waals surface area contributed by atoms with Crippen LogP contribution >= 0.6 is 0 Å². The molecule has 1 aliphatic carbocycles. The molecule has 2 aliphatic rings. The molecule has 3 aromatic rings. The molecule has 0 radical (unpaired) electrons. The van der Waals surface area contributed by atoms with E-state index in [1.54, 1.807) is 4.90 Å². The fraction of sp³-hybridized carbons (Fsp3) is 0.200. The summed E-state index contributed by atoms with van der Waals surface area (Å²) in [4.78, 5) is 27.5. The van der Waals surface area contributed by atoms with Crippen molar-refractivity contribution in [2.75, 3.05) is 7.11 Å². The average Bonchev–Trinajstić information content (AvgIpc) is 3.15. The van der Waals surface area contributed by atoms with E-state index in [1.807, 2.05) is 54.6 Å². The van der Waals surface area contributed by atoms with Gasteiger partial charge in [-0.2, -0.15) is 0 Å². The summed E-state index contributed by atoms with van der Waals surface area (Å²) >= 11 is 0. The number of nitrogens with zero attached hydrogens (tertiary/aromatic N) is 1. The van der Waals surface area contributed by atoms with Crippen molar-refractivity contribution >= 4 is 11.9 Å². The number of benzene rings is 3. The van der Waals surface area contributed by atoms with Gasteiger partial charge in [0.1, 0.15) is 6.04 Å². The van der Waals surface area contributed by atoms with Crippen molar-refractivity contribution in [1.82, 2.24) is 4.90 Å². The molecule has 1 unspecified atom stereocenters. The zero-order valence-electron chi connectivity index (χ0n) is 16.2. The number of carbonyl (C=O) groups excluding carboxylic acids is 2. The van der Waals surface area contributed by atoms with Crippen LogP contribution in [0.2, 0.25) is 0 Å². The Kier molecular flexibility index (Phi) is 4.20. The lowest BCUT2D eigenvalue weighted by molar-refractivity contribution is -0.146. The van der Waals surface area contributed by atoms with Crippen molar-refractivity contribution in [3.63, 3.8) is 0 Å². The minimum absolute atomic E-state index is 0.131. The van der Waals surface area contributed by atoms with Gasteiger partial charge in [-0.1, -0.05) is 54.6 Å². The Morgan fingerprint density at radius 3 is 2.34 bits per heavy atom. The largest absolute Gasteiger partial charge is 0.467 e. The van der Waals surface area contributed by atoms with E-state index in [4.69, 9.17) is 4.74 Å². The van der Waals surface area contributed by atoms with E-state index >= 15 is 0 Å². The predicted molar refractivity (Wildman–Crippen MR) is 111 cm³/mol. The first-order valence-electron chi connectivity index (χ1n) is 9.82. The molecule has 4 heteroatoms. The second-order valence-electron chi connectivity index (χ2n) is 7.65. The van der Waals surface area contributed by atoms with Crippen molar-refractivity contribution in [1.29, 1.82) is 0 Å². The van der Waals surface area contributed by atoms with E-state index in [0.717, 1.165) is 23.1 Å². The van der Waals surface area contributed by atoms with Crippen molar-refractivity contribution in [3.8, 4) is 11.1 Å². The third kappa shape index (κ3) is 2.92. The first kappa shape index (κ1) is 17.7. The van der Waals surface area contributed by atoms with Gasteiger partial charge in [-0.05, 0) is 51.9 Å². The first-order valence-corrected chi connectivity index (χ1v) is 9.82. The Hall–Kier alpha value is -3.40. The Morgan fingerprint density at radius 1 is 0.862 bits per heavy atom. The molecule has 1 amide bonds. The second kappa shape index (κ2) is 6.89. The molecule has 0 saturated carbocycles. The summed E-state index contributed by atoms with van der Waals surface area (Å²) in [6.07, 6.45) is 1.31. The normalized spacial score (nSPS) is 16.6. The van der Waals surface area contributed by atoms with Gasteiger partial charge in [0.05, 0.1) is 7.11 Å². The SMILES string of the molecule is COC(=O)C1Cc2ccccc2CN1C(=O)c1ccc2c(c1)Cc1ccccc1-2.